The van der Waals surface area contributed by atoms with Crippen molar-refractivity contribution in [1.29, 1.82) is 0 Å². The van der Waals surface area contributed by atoms with Crippen LogP contribution in [0.5, 0.6) is 0 Å². The summed E-state index contributed by atoms with van der Waals surface area (Å²) in [5.74, 6) is 0.385. The predicted molar refractivity (Wildman–Crippen MR) is 95.5 cm³/mol. The van der Waals surface area contributed by atoms with E-state index >= 15 is 0 Å². The normalized spacial score (nSPS) is 30.6. The number of carbonyl (C=O) groups excluding carboxylic acids is 2. The number of nitrogens with zero attached hydrogens (tertiary/aromatic N) is 1. The van der Waals surface area contributed by atoms with E-state index in [1.807, 2.05) is 6.07 Å². The van der Waals surface area contributed by atoms with Crippen LogP contribution in [-0.4, -0.2) is 35.6 Å². The molecule has 5 N–H and O–H groups in total. The molecule has 1 aromatic heterocycles. The molecule has 8 heteroatoms. The Hall–Kier alpha value is -2.45. The van der Waals surface area contributed by atoms with Crippen LogP contribution in [0.2, 0.25) is 0 Å². The second-order valence-corrected chi connectivity index (χ2v) is 7.16. The van der Waals surface area contributed by atoms with Crippen molar-refractivity contribution < 1.29 is 9.59 Å². The van der Waals surface area contributed by atoms with E-state index in [0.29, 0.717) is 29.8 Å². The lowest BCUT2D eigenvalue weighted by atomic mass is 9.95. The van der Waals surface area contributed by atoms with Gasteiger partial charge in [0.1, 0.15) is 0 Å². The summed E-state index contributed by atoms with van der Waals surface area (Å²) in [6.07, 6.45) is 6.94. The average Bonchev–Trinajstić information content (AvgIpc) is 3.24. The van der Waals surface area contributed by atoms with Gasteiger partial charge in [0.2, 0.25) is 0 Å². The van der Waals surface area contributed by atoms with E-state index in [-0.39, 0.29) is 18.0 Å². The zero-order valence-corrected chi connectivity index (χ0v) is 14.7. The van der Waals surface area contributed by atoms with Crippen LogP contribution in [0.3, 0.4) is 0 Å². The molecule has 4 unspecified atom stereocenters. The topological polar surface area (TPSA) is 107 Å². The molecule has 0 bridgehead atoms. The third kappa shape index (κ3) is 3.17. The van der Waals surface area contributed by atoms with E-state index in [0.717, 1.165) is 5.56 Å². The summed E-state index contributed by atoms with van der Waals surface area (Å²) in [5.41, 5.74) is 8.50. The molecule has 3 amide bonds. The number of aromatic nitrogens is 1. The number of hydrazine groups is 1. The SMILES string of the molecule is CC1=C(C(=O)NCC2NNC3CCCC32)C(c2cccnc2)NC(=O)N1. The third-order valence-electron chi connectivity index (χ3n) is 5.55. The summed E-state index contributed by atoms with van der Waals surface area (Å²) in [4.78, 5) is 28.9. The fraction of sp³-hybridized carbons (Fsp3) is 0.500. The number of hydrogen-bond donors (Lipinski definition) is 5. The Balaban J connectivity index is 1.49. The van der Waals surface area contributed by atoms with Crippen molar-refractivity contribution in [2.75, 3.05) is 6.54 Å². The molecule has 8 nitrogen and oxygen atoms in total. The van der Waals surface area contributed by atoms with Gasteiger partial charge in [0.25, 0.3) is 5.91 Å². The minimum atomic E-state index is -0.508. The van der Waals surface area contributed by atoms with Gasteiger partial charge in [-0.15, -0.1) is 0 Å². The van der Waals surface area contributed by atoms with Crippen LogP contribution in [0.4, 0.5) is 4.79 Å². The van der Waals surface area contributed by atoms with Crippen LogP contribution in [0.1, 0.15) is 37.8 Å². The smallest absolute Gasteiger partial charge is 0.319 e. The molecule has 0 spiro atoms. The first-order chi connectivity index (χ1) is 12.6. The van der Waals surface area contributed by atoms with Gasteiger partial charge >= 0.3 is 6.03 Å². The molecule has 4 rings (SSSR count). The number of allylic oxidation sites excluding steroid dienone is 1. The maximum atomic E-state index is 12.9. The summed E-state index contributed by atoms with van der Waals surface area (Å²) >= 11 is 0. The second-order valence-electron chi connectivity index (χ2n) is 7.16. The molecule has 2 fully saturated rings. The first-order valence-corrected chi connectivity index (χ1v) is 9.11. The summed E-state index contributed by atoms with van der Waals surface area (Å²) in [7, 11) is 0. The molecule has 0 radical (unpaired) electrons. The van der Waals surface area contributed by atoms with Gasteiger partial charge in [-0.2, -0.15) is 0 Å². The molecule has 1 saturated heterocycles. The van der Waals surface area contributed by atoms with Crippen LogP contribution in [0.25, 0.3) is 0 Å². The molecule has 26 heavy (non-hydrogen) atoms. The number of amides is 3. The molecule has 3 aliphatic rings. The zero-order chi connectivity index (χ0) is 18.1. The third-order valence-corrected chi connectivity index (χ3v) is 5.55. The van der Waals surface area contributed by atoms with E-state index in [4.69, 9.17) is 0 Å². The minimum absolute atomic E-state index is 0.174. The van der Waals surface area contributed by atoms with E-state index < -0.39 is 6.04 Å². The number of carbonyl (C=O) groups is 2. The molecule has 1 aromatic rings. The van der Waals surface area contributed by atoms with Gasteiger partial charge in [0, 0.05) is 36.7 Å². The monoisotopic (exact) mass is 356 g/mol. The van der Waals surface area contributed by atoms with Gasteiger partial charge in [0.15, 0.2) is 0 Å². The molecular weight excluding hydrogens is 332 g/mol. The largest absolute Gasteiger partial charge is 0.351 e. The number of urea groups is 1. The van der Waals surface area contributed by atoms with E-state index in [9.17, 15) is 9.59 Å². The number of fused-ring (bicyclic) bond motifs is 1. The molecular formula is C18H24N6O2. The van der Waals surface area contributed by atoms with Crippen molar-refractivity contribution >= 4 is 11.9 Å². The van der Waals surface area contributed by atoms with Crippen molar-refractivity contribution in [3.8, 4) is 0 Å². The maximum absolute atomic E-state index is 12.9. The van der Waals surface area contributed by atoms with Gasteiger partial charge in [-0.25, -0.2) is 4.79 Å². The Morgan fingerprint density at radius 3 is 3.04 bits per heavy atom. The molecule has 1 aliphatic carbocycles. The summed E-state index contributed by atoms with van der Waals surface area (Å²) in [6.45, 7) is 2.30. The van der Waals surface area contributed by atoms with Gasteiger partial charge in [-0.05, 0) is 37.3 Å². The van der Waals surface area contributed by atoms with Crippen LogP contribution in [-0.2, 0) is 4.79 Å². The molecule has 2 aliphatic heterocycles. The number of rotatable bonds is 4. The first kappa shape index (κ1) is 17.0. The highest BCUT2D eigenvalue weighted by Gasteiger charge is 2.39. The van der Waals surface area contributed by atoms with Crippen LogP contribution in [0.15, 0.2) is 35.8 Å². The lowest BCUT2D eigenvalue weighted by Crippen LogP contribution is -2.49. The average molecular weight is 356 g/mol. The van der Waals surface area contributed by atoms with Crippen molar-refractivity contribution in [3.05, 3.63) is 41.4 Å². The molecule has 3 heterocycles. The Bertz CT molecular complexity index is 734. The van der Waals surface area contributed by atoms with Crippen molar-refractivity contribution in [1.82, 2.24) is 31.8 Å². The van der Waals surface area contributed by atoms with E-state index in [1.54, 1.807) is 25.4 Å². The number of hydrogen-bond acceptors (Lipinski definition) is 5. The van der Waals surface area contributed by atoms with Crippen LogP contribution >= 0.6 is 0 Å². The Morgan fingerprint density at radius 2 is 2.23 bits per heavy atom. The molecule has 138 valence electrons. The van der Waals surface area contributed by atoms with Crippen molar-refractivity contribution in [2.24, 2.45) is 5.92 Å². The van der Waals surface area contributed by atoms with Gasteiger partial charge in [0.05, 0.1) is 11.6 Å². The standard InChI is InChI=1S/C18H24N6O2/c1-10-15(16(22-18(26)21-10)11-4-3-7-19-8-11)17(25)20-9-14-12-5-2-6-13(12)23-24-14/h3-4,7-8,12-14,16,23-24H,2,5-6,9H2,1H3,(H,20,25)(H2,21,22,26). The second kappa shape index (κ2) is 7.05. The summed E-state index contributed by atoms with van der Waals surface area (Å²) in [5, 5.41) is 8.56. The highest BCUT2D eigenvalue weighted by Crippen LogP contribution is 2.31. The fourth-order valence-corrected chi connectivity index (χ4v) is 4.26. The van der Waals surface area contributed by atoms with Crippen molar-refractivity contribution in [2.45, 2.75) is 44.3 Å². The molecule has 0 aromatic carbocycles. The lowest BCUT2D eigenvalue weighted by Gasteiger charge is -2.29. The minimum Gasteiger partial charge on any atom is -0.351 e. The highest BCUT2D eigenvalue weighted by atomic mass is 16.2. The number of nitrogens with one attached hydrogen (secondary N) is 5. The first-order valence-electron chi connectivity index (χ1n) is 9.11. The van der Waals surface area contributed by atoms with Gasteiger partial charge in [-0.3, -0.25) is 20.6 Å². The van der Waals surface area contributed by atoms with Crippen LogP contribution in [0, 0.1) is 5.92 Å². The Kier molecular flexibility index (Phi) is 4.60. The summed E-state index contributed by atoms with van der Waals surface area (Å²) < 4.78 is 0. The van der Waals surface area contributed by atoms with E-state index in [2.05, 4.69) is 31.8 Å². The lowest BCUT2D eigenvalue weighted by molar-refractivity contribution is -0.118. The fourth-order valence-electron chi connectivity index (χ4n) is 4.26. The number of pyridine rings is 1. The van der Waals surface area contributed by atoms with E-state index in [1.165, 1.54) is 19.3 Å². The Labute approximate surface area is 152 Å². The molecule has 1 saturated carbocycles. The predicted octanol–water partition coefficient (Wildman–Crippen LogP) is 0.471. The summed E-state index contributed by atoms with van der Waals surface area (Å²) in [6, 6.07) is 3.57. The molecule has 4 atom stereocenters. The van der Waals surface area contributed by atoms with Gasteiger partial charge in [-0.1, -0.05) is 12.5 Å². The van der Waals surface area contributed by atoms with Crippen molar-refractivity contribution in [3.63, 3.8) is 0 Å². The Morgan fingerprint density at radius 1 is 1.35 bits per heavy atom. The van der Waals surface area contributed by atoms with Crippen LogP contribution < -0.4 is 26.8 Å². The maximum Gasteiger partial charge on any atom is 0.319 e. The quantitative estimate of drug-likeness (QED) is 0.539. The van der Waals surface area contributed by atoms with Gasteiger partial charge < -0.3 is 16.0 Å². The highest BCUT2D eigenvalue weighted by molar-refractivity contribution is 5.98. The zero-order valence-electron chi connectivity index (χ0n) is 14.7.